The van der Waals surface area contributed by atoms with Gasteiger partial charge in [-0.3, -0.25) is 9.78 Å². The molecule has 50 heavy (non-hydrogen) atoms. The lowest BCUT2D eigenvalue weighted by molar-refractivity contribution is 0.102. The molecule has 0 spiro atoms. The van der Waals surface area contributed by atoms with Gasteiger partial charge in [0.15, 0.2) is 23.1 Å². The van der Waals surface area contributed by atoms with Crippen LogP contribution in [0.25, 0.3) is 32.9 Å². The van der Waals surface area contributed by atoms with E-state index in [2.05, 4.69) is 20.2 Å². The van der Waals surface area contributed by atoms with Gasteiger partial charge in [0.1, 0.15) is 11.4 Å². The van der Waals surface area contributed by atoms with Gasteiger partial charge < -0.3 is 24.4 Å². The molecular weight excluding hydrogens is 655 g/mol. The number of piperidine rings is 1. The number of rotatable bonds is 11. The van der Waals surface area contributed by atoms with Crippen molar-refractivity contribution in [2.24, 2.45) is 0 Å². The molecule has 1 fully saturated rings. The van der Waals surface area contributed by atoms with Crippen LogP contribution in [0, 0.1) is 5.82 Å². The summed E-state index contributed by atoms with van der Waals surface area (Å²) in [6.45, 7) is 3.87. The summed E-state index contributed by atoms with van der Waals surface area (Å²) in [7, 11) is 1.58. The van der Waals surface area contributed by atoms with Crippen LogP contribution in [-0.4, -0.2) is 54.1 Å². The number of pyridine rings is 2. The standard InChI is InChI=1S/C40H36ClFN4O4/c1-48-38-24-31-34(25-39(38)49-20-8-19-46-17-5-2-6-18-46)43-16-15-36(31)50-37-14-13-28(22-32(37)42)44-40(47)35-23-30(26-9-7-10-27(41)21-26)29-11-3-4-12-33(29)45-35/h3-4,7,9-16,21-25H,2,5-6,8,17-20H2,1H3,(H,44,47). The number of aromatic nitrogens is 2. The van der Waals surface area contributed by atoms with E-state index in [9.17, 15) is 4.79 Å². The van der Waals surface area contributed by atoms with Gasteiger partial charge in [0.05, 0.1) is 24.8 Å². The SMILES string of the molecule is COc1cc2c(Oc3ccc(NC(=O)c4cc(-c5cccc(Cl)c5)c5ccccc5n4)cc3F)ccnc2cc1OCCCN1CCCCC1. The van der Waals surface area contributed by atoms with Crippen molar-refractivity contribution in [2.45, 2.75) is 25.7 Å². The number of carbonyl (C=O) groups excluding carboxylic acids is 1. The van der Waals surface area contributed by atoms with Crippen LogP contribution in [0.5, 0.6) is 23.0 Å². The third-order valence-corrected chi connectivity index (χ3v) is 9.04. The molecule has 4 aromatic carbocycles. The number of hydrogen-bond acceptors (Lipinski definition) is 7. The average Bonchev–Trinajstić information content (AvgIpc) is 3.14. The van der Waals surface area contributed by atoms with Gasteiger partial charge in [0, 0.05) is 46.4 Å². The maximum atomic E-state index is 15.5. The lowest BCUT2D eigenvalue weighted by Crippen LogP contribution is -2.31. The fraction of sp³-hybridized carbons (Fsp3) is 0.225. The molecule has 0 atom stereocenters. The second-order valence-electron chi connectivity index (χ2n) is 12.2. The molecule has 8 nitrogen and oxygen atoms in total. The highest BCUT2D eigenvalue weighted by Gasteiger charge is 2.17. The summed E-state index contributed by atoms with van der Waals surface area (Å²) in [4.78, 5) is 24.9. The number of hydrogen-bond donors (Lipinski definition) is 1. The molecule has 6 aromatic rings. The van der Waals surface area contributed by atoms with Gasteiger partial charge in [0.2, 0.25) is 0 Å². The Hall–Kier alpha value is -5.25. The molecule has 1 amide bonds. The number of benzene rings is 4. The largest absolute Gasteiger partial charge is 0.493 e. The number of amides is 1. The molecule has 0 saturated carbocycles. The van der Waals surface area contributed by atoms with Gasteiger partial charge in [-0.25, -0.2) is 9.37 Å². The minimum atomic E-state index is -0.653. The third-order valence-electron chi connectivity index (χ3n) is 8.81. The summed E-state index contributed by atoms with van der Waals surface area (Å²) in [6.07, 6.45) is 6.35. The fourth-order valence-electron chi connectivity index (χ4n) is 6.30. The van der Waals surface area contributed by atoms with E-state index in [1.165, 1.54) is 31.4 Å². The molecule has 1 N–H and O–H groups in total. The topological polar surface area (TPSA) is 85.8 Å². The highest BCUT2D eigenvalue weighted by molar-refractivity contribution is 6.31. The molecule has 1 aliphatic rings. The number of anilines is 1. The predicted molar refractivity (Wildman–Crippen MR) is 195 cm³/mol. The van der Waals surface area contributed by atoms with Gasteiger partial charge >= 0.3 is 0 Å². The smallest absolute Gasteiger partial charge is 0.274 e. The van der Waals surface area contributed by atoms with Crippen molar-refractivity contribution in [3.05, 3.63) is 114 Å². The van der Waals surface area contributed by atoms with Crippen molar-refractivity contribution < 1.29 is 23.4 Å². The molecular formula is C40H36ClFN4O4. The first kappa shape index (κ1) is 33.3. The molecule has 3 heterocycles. The molecule has 10 heteroatoms. The van der Waals surface area contributed by atoms with Crippen LogP contribution >= 0.6 is 11.6 Å². The second kappa shape index (κ2) is 15.1. The van der Waals surface area contributed by atoms with Crippen LogP contribution in [-0.2, 0) is 0 Å². The summed E-state index contributed by atoms with van der Waals surface area (Å²) in [5.74, 6) is 0.375. The molecule has 0 aliphatic carbocycles. The first-order chi connectivity index (χ1) is 24.4. The zero-order chi connectivity index (χ0) is 34.5. The Morgan fingerprint density at radius 1 is 0.860 bits per heavy atom. The van der Waals surface area contributed by atoms with Crippen LogP contribution in [0.4, 0.5) is 10.1 Å². The van der Waals surface area contributed by atoms with E-state index in [4.69, 9.17) is 25.8 Å². The van der Waals surface area contributed by atoms with E-state index in [0.29, 0.717) is 45.3 Å². The first-order valence-corrected chi connectivity index (χ1v) is 17.1. The van der Waals surface area contributed by atoms with Crippen LogP contribution in [0.3, 0.4) is 0 Å². The minimum Gasteiger partial charge on any atom is -0.493 e. The Kier molecular flexibility index (Phi) is 10.0. The number of halogens is 2. The summed E-state index contributed by atoms with van der Waals surface area (Å²) in [6, 6.07) is 26.2. The Labute approximate surface area is 294 Å². The van der Waals surface area contributed by atoms with Crippen LogP contribution in [0.2, 0.25) is 5.02 Å². The van der Waals surface area contributed by atoms with E-state index >= 15 is 4.39 Å². The number of nitrogens with one attached hydrogen (secondary N) is 1. The molecule has 0 radical (unpaired) electrons. The van der Waals surface area contributed by atoms with Crippen molar-refractivity contribution >= 4 is 45.0 Å². The number of fused-ring (bicyclic) bond motifs is 2. The summed E-state index contributed by atoms with van der Waals surface area (Å²) < 4.78 is 33.2. The highest BCUT2D eigenvalue weighted by atomic mass is 35.5. The third kappa shape index (κ3) is 7.49. The number of para-hydroxylation sites is 1. The average molecular weight is 691 g/mol. The van der Waals surface area contributed by atoms with Gasteiger partial charge in [0.25, 0.3) is 5.91 Å². The Morgan fingerprint density at radius 2 is 1.72 bits per heavy atom. The van der Waals surface area contributed by atoms with Crippen LogP contribution in [0.1, 0.15) is 36.2 Å². The van der Waals surface area contributed by atoms with Crippen molar-refractivity contribution in [2.75, 3.05) is 38.7 Å². The van der Waals surface area contributed by atoms with Gasteiger partial charge in [-0.15, -0.1) is 0 Å². The zero-order valence-electron chi connectivity index (χ0n) is 27.6. The van der Waals surface area contributed by atoms with E-state index in [1.807, 2.05) is 48.5 Å². The summed E-state index contributed by atoms with van der Waals surface area (Å²) >= 11 is 6.27. The predicted octanol–water partition coefficient (Wildman–Crippen LogP) is 9.55. The maximum Gasteiger partial charge on any atom is 0.274 e. The van der Waals surface area contributed by atoms with Gasteiger partial charge in [-0.2, -0.15) is 0 Å². The molecule has 0 bridgehead atoms. The number of ether oxygens (including phenoxy) is 3. The van der Waals surface area contributed by atoms with Crippen molar-refractivity contribution in [3.8, 4) is 34.1 Å². The maximum absolute atomic E-state index is 15.5. The number of methoxy groups -OCH3 is 1. The molecule has 1 saturated heterocycles. The summed E-state index contributed by atoms with van der Waals surface area (Å²) in [5.41, 5.74) is 3.37. The number of carbonyl (C=O) groups is 1. The van der Waals surface area contributed by atoms with Crippen molar-refractivity contribution in [1.82, 2.24) is 14.9 Å². The Balaban J connectivity index is 1.06. The molecule has 0 unspecified atom stereocenters. The molecule has 254 valence electrons. The van der Waals surface area contributed by atoms with E-state index in [0.717, 1.165) is 42.6 Å². The monoisotopic (exact) mass is 690 g/mol. The minimum absolute atomic E-state index is 0.0143. The van der Waals surface area contributed by atoms with E-state index < -0.39 is 11.7 Å². The van der Waals surface area contributed by atoms with Crippen molar-refractivity contribution in [1.29, 1.82) is 0 Å². The lowest BCUT2D eigenvalue weighted by Gasteiger charge is -2.26. The fourth-order valence-corrected chi connectivity index (χ4v) is 6.49. The first-order valence-electron chi connectivity index (χ1n) is 16.7. The molecule has 2 aromatic heterocycles. The summed E-state index contributed by atoms with van der Waals surface area (Å²) in [5, 5.41) is 4.87. The highest BCUT2D eigenvalue weighted by Crippen LogP contribution is 2.38. The normalized spacial score (nSPS) is 13.3. The Morgan fingerprint density at radius 3 is 2.54 bits per heavy atom. The van der Waals surface area contributed by atoms with Crippen molar-refractivity contribution in [3.63, 3.8) is 0 Å². The molecule has 1 aliphatic heterocycles. The lowest BCUT2D eigenvalue weighted by atomic mass is 10.00. The van der Waals surface area contributed by atoms with Gasteiger partial charge in [-0.1, -0.05) is 48.4 Å². The van der Waals surface area contributed by atoms with E-state index in [-0.39, 0.29) is 17.1 Å². The zero-order valence-corrected chi connectivity index (χ0v) is 28.4. The van der Waals surface area contributed by atoms with Crippen LogP contribution in [0.15, 0.2) is 97.2 Å². The van der Waals surface area contributed by atoms with Crippen LogP contribution < -0.4 is 19.5 Å². The Bertz CT molecular complexity index is 2170. The quantitative estimate of drug-likeness (QED) is 0.136. The number of likely N-dealkylation sites (tertiary alicyclic amines) is 1. The second-order valence-corrected chi connectivity index (χ2v) is 12.7. The van der Waals surface area contributed by atoms with E-state index in [1.54, 1.807) is 43.6 Å². The van der Waals surface area contributed by atoms with Gasteiger partial charge in [-0.05, 0) is 92.0 Å². The molecule has 7 rings (SSSR count). The number of nitrogens with zero attached hydrogens (tertiary/aromatic N) is 3.